The third kappa shape index (κ3) is 3.35. The Morgan fingerprint density at radius 1 is 1.37 bits per heavy atom. The molecule has 140 valence electrons. The first-order valence-corrected chi connectivity index (χ1v) is 9.91. The van der Waals surface area contributed by atoms with Crippen molar-refractivity contribution >= 4 is 27.5 Å². The van der Waals surface area contributed by atoms with Gasteiger partial charge in [0.15, 0.2) is 0 Å². The van der Waals surface area contributed by atoms with Gasteiger partial charge in [0.25, 0.3) is 11.5 Å². The Kier molecular flexibility index (Phi) is 4.70. The second kappa shape index (κ2) is 7.15. The second-order valence-corrected chi connectivity index (χ2v) is 7.85. The fourth-order valence-electron chi connectivity index (χ4n) is 3.18. The van der Waals surface area contributed by atoms with E-state index in [9.17, 15) is 9.59 Å². The molecule has 1 aliphatic carbocycles. The van der Waals surface area contributed by atoms with Gasteiger partial charge in [0.1, 0.15) is 16.0 Å². The Morgan fingerprint density at radius 3 is 2.89 bits per heavy atom. The number of hydrogen-bond acceptors (Lipinski definition) is 5. The fourth-order valence-corrected chi connectivity index (χ4v) is 4.22. The number of rotatable bonds is 6. The maximum atomic E-state index is 12.8. The quantitative estimate of drug-likeness (QED) is 0.708. The lowest BCUT2D eigenvalue weighted by atomic mass is 10.1. The highest BCUT2D eigenvalue weighted by Crippen LogP contribution is 2.34. The molecule has 6 nitrogen and oxygen atoms in total. The summed E-state index contributed by atoms with van der Waals surface area (Å²) in [6.07, 6.45) is 3.61. The Labute approximate surface area is 160 Å². The van der Waals surface area contributed by atoms with Crippen LogP contribution in [0.4, 0.5) is 0 Å². The minimum atomic E-state index is -0.221. The summed E-state index contributed by atoms with van der Waals surface area (Å²) >= 11 is 1.34. The number of nitrogens with zero attached hydrogens (tertiary/aromatic N) is 2. The highest BCUT2D eigenvalue weighted by molar-refractivity contribution is 7.19. The van der Waals surface area contributed by atoms with Crippen LogP contribution in [0.3, 0.4) is 0 Å². The molecule has 7 heteroatoms. The predicted octanol–water partition coefficient (Wildman–Crippen LogP) is 3.43. The Bertz CT molecular complexity index is 1070. The standard InChI is InChI=1S/C20H21N3O3S/c1-3-26-15-7-5-4-6-13(15)10-21-19(24)16-12(2)27-18-17(16)22-11-23(20(18)25)14-8-9-14/h4-7,11,14H,3,8-10H2,1-2H3,(H,21,24). The van der Waals surface area contributed by atoms with E-state index in [1.54, 1.807) is 10.9 Å². The lowest BCUT2D eigenvalue weighted by molar-refractivity contribution is 0.0952. The van der Waals surface area contributed by atoms with Gasteiger partial charge >= 0.3 is 0 Å². The van der Waals surface area contributed by atoms with Crippen molar-refractivity contribution in [2.45, 2.75) is 39.3 Å². The molecule has 0 aliphatic heterocycles. The maximum Gasteiger partial charge on any atom is 0.271 e. The molecule has 27 heavy (non-hydrogen) atoms. The topological polar surface area (TPSA) is 73.2 Å². The van der Waals surface area contributed by atoms with Crippen molar-refractivity contribution in [2.24, 2.45) is 0 Å². The average molecular weight is 383 g/mol. The Balaban J connectivity index is 1.61. The number of thiophene rings is 1. The Morgan fingerprint density at radius 2 is 2.15 bits per heavy atom. The van der Waals surface area contributed by atoms with Gasteiger partial charge < -0.3 is 10.1 Å². The van der Waals surface area contributed by atoms with Gasteiger partial charge in [-0.25, -0.2) is 4.98 Å². The summed E-state index contributed by atoms with van der Waals surface area (Å²) < 4.78 is 7.86. The van der Waals surface area contributed by atoms with E-state index in [0.717, 1.165) is 29.0 Å². The number of nitrogens with one attached hydrogen (secondary N) is 1. The third-order valence-electron chi connectivity index (χ3n) is 4.68. The van der Waals surface area contributed by atoms with Crippen molar-refractivity contribution in [1.82, 2.24) is 14.9 Å². The zero-order valence-electron chi connectivity index (χ0n) is 15.3. The van der Waals surface area contributed by atoms with Crippen LogP contribution in [0.15, 0.2) is 35.4 Å². The molecule has 0 spiro atoms. The molecule has 0 unspecified atom stereocenters. The molecule has 3 aromatic rings. The van der Waals surface area contributed by atoms with E-state index in [0.29, 0.717) is 28.9 Å². The van der Waals surface area contributed by atoms with Crippen LogP contribution in [0.25, 0.3) is 10.2 Å². The van der Waals surface area contributed by atoms with Crippen LogP contribution in [0.5, 0.6) is 5.75 Å². The first-order chi connectivity index (χ1) is 13.1. The molecule has 1 amide bonds. The van der Waals surface area contributed by atoms with E-state index < -0.39 is 0 Å². The molecule has 1 fully saturated rings. The second-order valence-electron chi connectivity index (χ2n) is 6.62. The smallest absolute Gasteiger partial charge is 0.271 e. The van der Waals surface area contributed by atoms with Gasteiger partial charge in [0.2, 0.25) is 0 Å². The van der Waals surface area contributed by atoms with Gasteiger partial charge in [-0.15, -0.1) is 11.3 Å². The zero-order valence-corrected chi connectivity index (χ0v) is 16.1. The summed E-state index contributed by atoms with van der Waals surface area (Å²) in [5.74, 6) is 0.541. The number of hydrogen-bond donors (Lipinski definition) is 1. The van der Waals surface area contributed by atoms with Crippen molar-refractivity contribution in [2.75, 3.05) is 6.61 Å². The average Bonchev–Trinajstić information content (AvgIpc) is 3.43. The lowest BCUT2D eigenvalue weighted by Gasteiger charge is -2.11. The first kappa shape index (κ1) is 17.7. The monoisotopic (exact) mass is 383 g/mol. The number of aromatic nitrogens is 2. The summed E-state index contributed by atoms with van der Waals surface area (Å²) in [7, 11) is 0. The molecular weight excluding hydrogens is 362 g/mol. The highest BCUT2D eigenvalue weighted by atomic mass is 32.1. The first-order valence-electron chi connectivity index (χ1n) is 9.09. The van der Waals surface area contributed by atoms with Crippen molar-refractivity contribution in [3.63, 3.8) is 0 Å². The number of carbonyl (C=O) groups excluding carboxylic acids is 1. The van der Waals surface area contributed by atoms with Gasteiger partial charge in [-0.05, 0) is 32.8 Å². The summed E-state index contributed by atoms with van der Waals surface area (Å²) in [5.41, 5.74) is 1.85. The summed E-state index contributed by atoms with van der Waals surface area (Å²) in [6.45, 7) is 4.70. The molecule has 1 saturated carbocycles. The predicted molar refractivity (Wildman–Crippen MR) is 106 cm³/mol. The largest absolute Gasteiger partial charge is 0.494 e. The number of para-hydroxylation sites is 1. The van der Waals surface area contributed by atoms with Crippen LogP contribution in [0.2, 0.25) is 0 Å². The van der Waals surface area contributed by atoms with Gasteiger partial charge in [-0.3, -0.25) is 14.2 Å². The fraction of sp³-hybridized carbons (Fsp3) is 0.350. The normalized spacial score (nSPS) is 13.7. The van der Waals surface area contributed by atoms with Crippen molar-refractivity contribution in [3.8, 4) is 5.75 Å². The zero-order chi connectivity index (χ0) is 19.0. The summed E-state index contributed by atoms with van der Waals surface area (Å²) in [4.78, 5) is 30.7. The van der Waals surface area contributed by atoms with E-state index >= 15 is 0 Å². The van der Waals surface area contributed by atoms with Crippen molar-refractivity contribution in [3.05, 3.63) is 57.0 Å². The van der Waals surface area contributed by atoms with Gasteiger partial charge in [0, 0.05) is 23.0 Å². The number of aryl methyl sites for hydroxylation is 1. The van der Waals surface area contributed by atoms with E-state index in [2.05, 4.69) is 10.3 Å². The van der Waals surface area contributed by atoms with E-state index in [1.165, 1.54) is 11.3 Å². The number of fused-ring (bicyclic) bond motifs is 1. The molecule has 1 aromatic carbocycles. The van der Waals surface area contributed by atoms with E-state index in [4.69, 9.17) is 4.74 Å². The molecule has 1 N–H and O–H groups in total. The third-order valence-corrected chi connectivity index (χ3v) is 5.76. The highest BCUT2D eigenvalue weighted by Gasteiger charge is 2.27. The SMILES string of the molecule is CCOc1ccccc1CNC(=O)c1c(C)sc2c(=O)n(C3CC3)cnc12. The molecule has 4 rings (SSSR count). The van der Waals surface area contributed by atoms with Crippen LogP contribution in [0, 0.1) is 6.92 Å². The van der Waals surface area contributed by atoms with Crippen LogP contribution in [0.1, 0.15) is 46.6 Å². The van der Waals surface area contributed by atoms with Crippen LogP contribution in [-0.4, -0.2) is 22.1 Å². The molecule has 2 heterocycles. The number of amides is 1. The molecule has 0 saturated heterocycles. The Hall–Kier alpha value is -2.67. The van der Waals surface area contributed by atoms with E-state index in [-0.39, 0.29) is 17.5 Å². The van der Waals surface area contributed by atoms with Crippen molar-refractivity contribution < 1.29 is 9.53 Å². The van der Waals surface area contributed by atoms with E-state index in [1.807, 2.05) is 38.1 Å². The molecule has 2 aromatic heterocycles. The van der Waals surface area contributed by atoms with Crippen LogP contribution < -0.4 is 15.6 Å². The van der Waals surface area contributed by atoms with Crippen LogP contribution >= 0.6 is 11.3 Å². The minimum absolute atomic E-state index is 0.0451. The minimum Gasteiger partial charge on any atom is -0.494 e. The van der Waals surface area contributed by atoms with Crippen molar-refractivity contribution in [1.29, 1.82) is 0 Å². The summed E-state index contributed by atoms with van der Waals surface area (Å²) in [6, 6.07) is 7.90. The van der Waals surface area contributed by atoms with Gasteiger partial charge in [0.05, 0.1) is 18.5 Å². The van der Waals surface area contributed by atoms with Gasteiger partial charge in [-0.2, -0.15) is 0 Å². The van der Waals surface area contributed by atoms with Crippen LogP contribution in [-0.2, 0) is 6.54 Å². The molecular formula is C20H21N3O3S. The maximum absolute atomic E-state index is 12.8. The molecule has 0 radical (unpaired) electrons. The molecule has 0 atom stereocenters. The summed E-state index contributed by atoms with van der Waals surface area (Å²) in [5, 5.41) is 2.94. The number of carbonyl (C=O) groups is 1. The number of benzene rings is 1. The lowest BCUT2D eigenvalue weighted by Crippen LogP contribution is -2.24. The molecule has 0 bridgehead atoms. The number of ether oxygens (including phenoxy) is 1. The van der Waals surface area contributed by atoms with Gasteiger partial charge in [-0.1, -0.05) is 18.2 Å². The molecule has 1 aliphatic rings.